The van der Waals surface area contributed by atoms with Gasteiger partial charge in [-0.05, 0) is 76.1 Å². The van der Waals surface area contributed by atoms with Crippen LogP contribution >= 0.6 is 0 Å². The fourth-order valence-corrected chi connectivity index (χ4v) is 10.7. The van der Waals surface area contributed by atoms with Crippen molar-refractivity contribution in [1.29, 1.82) is 0 Å². The van der Waals surface area contributed by atoms with E-state index in [2.05, 4.69) is 177 Å². The number of hydrogen-bond donors (Lipinski definition) is 0. The minimum atomic E-state index is 0.592. The highest BCUT2D eigenvalue weighted by Crippen LogP contribution is 2.48. The van der Waals surface area contributed by atoms with E-state index in [1.54, 1.807) is 0 Å². The first-order valence-electron chi connectivity index (χ1n) is 20.4. The van der Waals surface area contributed by atoms with Crippen molar-refractivity contribution in [2.75, 3.05) is 0 Å². The number of benzene rings is 9. The second-order valence-corrected chi connectivity index (χ2v) is 16.1. The van der Waals surface area contributed by atoms with E-state index < -0.39 is 0 Å². The largest absolute Gasteiger partial charge is 0.450 e. The third-order valence-corrected chi connectivity index (χ3v) is 13.1. The molecule has 6 nitrogen and oxygen atoms in total. The summed E-state index contributed by atoms with van der Waals surface area (Å²) in [5.74, 6) is 1.30. The molecule has 15 aromatic rings. The Kier molecular flexibility index (Phi) is 5.57. The first-order valence-corrected chi connectivity index (χ1v) is 20.4. The number of fused-ring (bicyclic) bond motifs is 19. The Balaban J connectivity index is 1.18. The van der Waals surface area contributed by atoms with Crippen molar-refractivity contribution < 1.29 is 4.42 Å². The zero-order valence-corrected chi connectivity index (χ0v) is 31.9. The molecule has 60 heavy (non-hydrogen) atoms. The summed E-state index contributed by atoms with van der Waals surface area (Å²) >= 11 is 0. The van der Waals surface area contributed by atoms with Crippen molar-refractivity contribution in [2.24, 2.45) is 0 Å². The van der Waals surface area contributed by atoms with E-state index in [9.17, 15) is 0 Å². The van der Waals surface area contributed by atoms with Crippen LogP contribution in [0, 0.1) is 0 Å². The van der Waals surface area contributed by atoms with Crippen LogP contribution in [0.5, 0.6) is 0 Å². The number of furan rings is 1. The molecule has 6 heterocycles. The van der Waals surface area contributed by atoms with Gasteiger partial charge in [0.25, 0.3) is 0 Å². The predicted octanol–water partition coefficient (Wildman–Crippen LogP) is 14.0. The van der Waals surface area contributed by atoms with Gasteiger partial charge in [-0.1, -0.05) is 121 Å². The molecular formula is C54H29N5O. The zero-order chi connectivity index (χ0) is 38.8. The standard InChI is InChI=1S/C54H29N5O/c1-2-15-32-28-45-40(27-31(32)14-1)48-50-38(34-17-5-9-21-41(34)57(45)50)29-39-35-18-6-10-22-42(35)59(51(39)48)53-52-49(37-20-8-12-24-46(37)60-52)55-54(56-53)58-43-23-11-7-19-36(43)47-33-16-4-3-13-30(33)25-26-44(47)58/h1-29H. The molecule has 0 bridgehead atoms. The summed E-state index contributed by atoms with van der Waals surface area (Å²) < 4.78 is 14.0. The van der Waals surface area contributed by atoms with Gasteiger partial charge >= 0.3 is 0 Å². The number of hydrogen-bond acceptors (Lipinski definition) is 3. The monoisotopic (exact) mass is 763 g/mol. The van der Waals surface area contributed by atoms with Crippen molar-refractivity contribution in [3.63, 3.8) is 0 Å². The molecule has 0 N–H and O–H groups in total. The molecule has 0 atom stereocenters. The second-order valence-electron chi connectivity index (χ2n) is 16.1. The Hall–Kier alpha value is -8.22. The minimum Gasteiger partial charge on any atom is -0.450 e. The van der Waals surface area contributed by atoms with Crippen molar-refractivity contribution in [2.45, 2.75) is 0 Å². The fraction of sp³-hybridized carbons (Fsp3) is 0. The quantitative estimate of drug-likeness (QED) is 0.176. The average Bonchev–Trinajstić information content (AvgIpc) is 4.10. The van der Waals surface area contributed by atoms with Crippen LogP contribution in [0.2, 0.25) is 0 Å². The summed E-state index contributed by atoms with van der Waals surface area (Å²) in [6, 6.07) is 63.3. The van der Waals surface area contributed by atoms with E-state index in [1.807, 2.05) is 12.1 Å². The third-order valence-electron chi connectivity index (χ3n) is 13.1. The zero-order valence-electron chi connectivity index (χ0n) is 31.9. The van der Waals surface area contributed by atoms with Crippen LogP contribution in [-0.4, -0.2) is 23.5 Å². The minimum absolute atomic E-state index is 0.592. The molecule has 0 aliphatic heterocycles. The first kappa shape index (κ1) is 30.9. The van der Waals surface area contributed by atoms with Crippen LogP contribution in [0.1, 0.15) is 0 Å². The SMILES string of the molecule is c1ccc2cc3c(cc2c1)c1c2c(cc4c5ccccc5n3c41)c1ccccc1n2-c1nc(-n2c3ccccc3c3c4ccccc4ccc32)nc2c1oc1ccccc12. The van der Waals surface area contributed by atoms with Crippen molar-refractivity contribution in [3.8, 4) is 11.8 Å². The van der Waals surface area contributed by atoms with Gasteiger partial charge in [0.15, 0.2) is 11.4 Å². The summed E-state index contributed by atoms with van der Waals surface area (Å²) in [5.41, 5.74) is 10.1. The predicted molar refractivity (Wildman–Crippen MR) is 248 cm³/mol. The Labute approximate surface area is 339 Å². The van der Waals surface area contributed by atoms with E-state index in [0.29, 0.717) is 17.3 Å². The van der Waals surface area contributed by atoms with Gasteiger partial charge in [0, 0.05) is 48.5 Å². The lowest BCUT2D eigenvalue weighted by Gasteiger charge is -2.12. The lowest BCUT2D eigenvalue weighted by molar-refractivity contribution is 0.661. The molecule has 9 aromatic carbocycles. The second kappa shape index (κ2) is 10.8. The average molecular weight is 764 g/mol. The highest BCUT2D eigenvalue weighted by Gasteiger charge is 2.28. The third kappa shape index (κ3) is 3.71. The molecule has 0 amide bonds. The van der Waals surface area contributed by atoms with Gasteiger partial charge < -0.3 is 8.82 Å². The number of para-hydroxylation sites is 4. The number of nitrogens with zero attached hydrogens (tertiary/aromatic N) is 5. The highest BCUT2D eigenvalue weighted by atomic mass is 16.3. The van der Waals surface area contributed by atoms with Crippen LogP contribution in [0.4, 0.5) is 0 Å². The van der Waals surface area contributed by atoms with Crippen LogP contribution < -0.4 is 0 Å². The van der Waals surface area contributed by atoms with Gasteiger partial charge in [0.05, 0.1) is 38.6 Å². The molecule has 6 heteroatoms. The fourth-order valence-electron chi connectivity index (χ4n) is 10.7. The molecule has 15 rings (SSSR count). The van der Waals surface area contributed by atoms with Gasteiger partial charge in [-0.2, -0.15) is 4.98 Å². The molecule has 0 aliphatic carbocycles. The van der Waals surface area contributed by atoms with Gasteiger partial charge in [0.1, 0.15) is 11.1 Å². The number of aromatic nitrogens is 5. The Morgan fingerprint density at radius 1 is 0.367 bits per heavy atom. The molecule has 0 radical (unpaired) electrons. The summed E-state index contributed by atoms with van der Waals surface area (Å²) in [6.45, 7) is 0. The molecule has 0 saturated heterocycles. The van der Waals surface area contributed by atoms with Crippen LogP contribution in [-0.2, 0) is 0 Å². The molecular weight excluding hydrogens is 735 g/mol. The Morgan fingerprint density at radius 2 is 0.983 bits per heavy atom. The molecule has 0 fully saturated rings. The lowest BCUT2D eigenvalue weighted by Crippen LogP contribution is -2.06. The summed E-state index contributed by atoms with van der Waals surface area (Å²) in [4.78, 5) is 11.2. The molecule has 6 aromatic heterocycles. The van der Waals surface area contributed by atoms with Gasteiger partial charge in [0.2, 0.25) is 5.95 Å². The highest BCUT2D eigenvalue weighted by molar-refractivity contribution is 6.35. The maximum Gasteiger partial charge on any atom is 0.237 e. The summed E-state index contributed by atoms with van der Waals surface area (Å²) in [7, 11) is 0. The van der Waals surface area contributed by atoms with Crippen LogP contribution in [0.3, 0.4) is 0 Å². The summed E-state index contributed by atoms with van der Waals surface area (Å²) in [5, 5.41) is 15.4. The van der Waals surface area contributed by atoms with E-state index >= 15 is 0 Å². The van der Waals surface area contributed by atoms with Gasteiger partial charge in [-0.25, -0.2) is 4.98 Å². The van der Waals surface area contributed by atoms with Crippen LogP contribution in [0.15, 0.2) is 180 Å². The van der Waals surface area contributed by atoms with E-state index in [1.165, 1.54) is 70.4 Å². The molecule has 276 valence electrons. The normalized spacial score (nSPS) is 12.7. The Morgan fingerprint density at radius 3 is 1.80 bits per heavy atom. The topological polar surface area (TPSA) is 53.2 Å². The molecule has 0 unspecified atom stereocenters. The van der Waals surface area contributed by atoms with Crippen molar-refractivity contribution in [1.82, 2.24) is 23.5 Å². The van der Waals surface area contributed by atoms with E-state index in [-0.39, 0.29) is 0 Å². The summed E-state index contributed by atoms with van der Waals surface area (Å²) in [6.07, 6.45) is 0. The lowest BCUT2D eigenvalue weighted by atomic mass is 10.0. The maximum absolute atomic E-state index is 6.90. The van der Waals surface area contributed by atoms with E-state index in [0.717, 1.165) is 49.3 Å². The van der Waals surface area contributed by atoms with Crippen molar-refractivity contribution >= 4 is 125 Å². The molecule has 0 saturated carbocycles. The maximum atomic E-state index is 6.90. The van der Waals surface area contributed by atoms with Gasteiger partial charge in [-0.15, -0.1) is 0 Å². The molecule has 0 aliphatic rings. The van der Waals surface area contributed by atoms with Crippen molar-refractivity contribution in [3.05, 3.63) is 176 Å². The molecule has 0 spiro atoms. The van der Waals surface area contributed by atoms with Gasteiger partial charge in [-0.3, -0.25) is 9.13 Å². The first-order chi connectivity index (χ1) is 29.8. The number of rotatable bonds is 2. The Bertz CT molecular complexity index is 4370. The van der Waals surface area contributed by atoms with E-state index in [4.69, 9.17) is 14.4 Å². The van der Waals surface area contributed by atoms with Crippen LogP contribution in [0.25, 0.3) is 137 Å². The smallest absolute Gasteiger partial charge is 0.237 e.